The molecule has 0 saturated heterocycles. The van der Waals surface area contributed by atoms with Crippen molar-refractivity contribution < 1.29 is 4.79 Å². The molecule has 0 unspecified atom stereocenters. The van der Waals surface area contributed by atoms with Gasteiger partial charge in [-0.1, -0.05) is 53.7 Å². The highest BCUT2D eigenvalue weighted by molar-refractivity contribution is 7.99. The van der Waals surface area contributed by atoms with Crippen LogP contribution in [-0.2, 0) is 4.79 Å². The monoisotopic (exact) mass is 422 g/mol. The number of anilines is 1. The lowest BCUT2D eigenvalue weighted by Crippen LogP contribution is -2.14. The lowest BCUT2D eigenvalue weighted by Gasteiger charge is -2.08. The Morgan fingerprint density at radius 2 is 1.83 bits per heavy atom. The Hall–Kier alpha value is -2.83. The van der Waals surface area contributed by atoms with Gasteiger partial charge in [-0.3, -0.25) is 4.79 Å². The quantitative estimate of drug-likeness (QED) is 0.345. The fraction of sp³-hybridized carbons (Fsp3) is 0.136. The Kier molecular flexibility index (Phi) is 5.56. The molecule has 2 heterocycles. The topological polar surface area (TPSA) is 59.3 Å². The normalized spacial score (nSPS) is 11.0. The molecule has 0 bridgehead atoms. The number of carbonyl (C=O) groups excluding carboxylic acids is 1. The zero-order valence-corrected chi connectivity index (χ0v) is 17.6. The largest absolute Gasteiger partial charge is 0.325 e. The van der Waals surface area contributed by atoms with E-state index in [1.54, 1.807) is 0 Å². The number of halogens is 1. The lowest BCUT2D eigenvalue weighted by atomic mass is 10.1. The number of amides is 1. The molecule has 5 nitrogen and oxygen atoms in total. The van der Waals surface area contributed by atoms with E-state index < -0.39 is 0 Å². The number of hydrogen-bond donors (Lipinski definition) is 1. The molecule has 2 aromatic carbocycles. The molecule has 4 aromatic rings. The predicted molar refractivity (Wildman–Crippen MR) is 119 cm³/mol. The number of carbonyl (C=O) groups is 1. The Balaban J connectivity index is 1.62. The second-order valence-corrected chi connectivity index (χ2v) is 8.07. The van der Waals surface area contributed by atoms with Gasteiger partial charge in [0.1, 0.15) is 5.03 Å². The van der Waals surface area contributed by atoms with Crippen LogP contribution in [0.3, 0.4) is 0 Å². The predicted octanol–water partition coefficient (Wildman–Crippen LogP) is 5.40. The Labute approximate surface area is 178 Å². The van der Waals surface area contributed by atoms with E-state index in [4.69, 9.17) is 16.6 Å². The van der Waals surface area contributed by atoms with E-state index >= 15 is 0 Å². The van der Waals surface area contributed by atoms with Crippen molar-refractivity contribution in [3.63, 3.8) is 0 Å². The summed E-state index contributed by atoms with van der Waals surface area (Å²) in [7, 11) is 0. The van der Waals surface area contributed by atoms with E-state index in [2.05, 4.69) is 10.4 Å². The van der Waals surface area contributed by atoms with Crippen LogP contribution in [0.15, 0.2) is 65.7 Å². The van der Waals surface area contributed by atoms with Crippen LogP contribution >= 0.6 is 23.4 Å². The highest BCUT2D eigenvalue weighted by Crippen LogP contribution is 2.31. The number of nitrogens with one attached hydrogen (secondary N) is 1. The van der Waals surface area contributed by atoms with Crippen molar-refractivity contribution >= 4 is 40.6 Å². The molecule has 0 saturated carbocycles. The molecule has 2 aromatic heterocycles. The van der Waals surface area contributed by atoms with Gasteiger partial charge in [0.05, 0.1) is 11.4 Å². The summed E-state index contributed by atoms with van der Waals surface area (Å²) in [6.45, 7) is 3.91. The Morgan fingerprint density at radius 3 is 2.55 bits per heavy atom. The van der Waals surface area contributed by atoms with Crippen LogP contribution in [0.4, 0.5) is 5.69 Å². The number of fused-ring (bicyclic) bond motifs is 1. The number of rotatable bonds is 5. The third-order valence-electron chi connectivity index (χ3n) is 4.40. The minimum absolute atomic E-state index is 0.0642. The average Bonchev–Trinajstić information content (AvgIpc) is 3.03. The van der Waals surface area contributed by atoms with Gasteiger partial charge in [-0.15, -0.1) is 0 Å². The highest BCUT2D eigenvalue weighted by Gasteiger charge is 2.17. The standard InChI is InChI=1S/C22H19ClN4OS/c1-14-12-20(29-13-19(28)25-18-6-4-3-5-7-18)27-22(24-14)21(15(2)26-27)16-8-10-17(23)11-9-16/h3-12H,13H2,1-2H3,(H,25,28). The van der Waals surface area contributed by atoms with Crippen LogP contribution in [0.1, 0.15) is 11.4 Å². The van der Waals surface area contributed by atoms with Gasteiger partial charge < -0.3 is 5.32 Å². The fourth-order valence-corrected chi connectivity index (χ4v) is 4.11. The van der Waals surface area contributed by atoms with Gasteiger partial charge in [-0.2, -0.15) is 5.10 Å². The number of thioether (sulfide) groups is 1. The Bertz CT molecular complexity index is 1170. The summed E-state index contributed by atoms with van der Waals surface area (Å²) in [5, 5.41) is 9.15. The lowest BCUT2D eigenvalue weighted by molar-refractivity contribution is -0.113. The molecule has 0 atom stereocenters. The van der Waals surface area contributed by atoms with Gasteiger partial charge in [0.15, 0.2) is 5.65 Å². The SMILES string of the molecule is Cc1cc(SCC(=O)Nc2ccccc2)n2nc(C)c(-c3ccc(Cl)cc3)c2n1. The van der Waals surface area contributed by atoms with Crippen LogP contribution in [0.2, 0.25) is 5.02 Å². The van der Waals surface area contributed by atoms with Gasteiger partial charge in [-0.05, 0) is 49.7 Å². The summed E-state index contributed by atoms with van der Waals surface area (Å²) in [5.74, 6) is 0.216. The molecule has 0 fully saturated rings. The summed E-state index contributed by atoms with van der Waals surface area (Å²) >= 11 is 7.47. The zero-order valence-electron chi connectivity index (χ0n) is 16.0. The van der Waals surface area contributed by atoms with E-state index in [1.807, 2.05) is 79.0 Å². The molecule has 1 amide bonds. The average molecular weight is 423 g/mol. The molecular formula is C22H19ClN4OS. The minimum atomic E-state index is -0.0642. The van der Waals surface area contributed by atoms with E-state index in [9.17, 15) is 4.79 Å². The van der Waals surface area contributed by atoms with Crippen LogP contribution in [0.25, 0.3) is 16.8 Å². The van der Waals surface area contributed by atoms with E-state index in [1.165, 1.54) is 11.8 Å². The maximum atomic E-state index is 12.3. The number of nitrogens with zero attached hydrogens (tertiary/aromatic N) is 3. The zero-order chi connectivity index (χ0) is 20.4. The summed E-state index contributed by atoms with van der Waals surface area (Å²) < 4.78 is 1.81. The van der Waals surface area contributed by atoms with Gasteiger partial charge >= 0.3 is 0 Å². The molecule has 29 heavy (non-hydrogen) atoms. The maximum absolute atomic E-state index is 12.3. The van der Waals surface area contributed by atoms with Crippen molar-refractivity contribution in [3.8, 4) is 11.1 Å². The van der Waals surface area contributed by atoms with E-state index in [-0.39, 0.29) is 11.7 Å². The maximum Gasteiger partial charge on any atom is 0.234 e. The second kappa shape index (κ2) is 8.27. The van der Waals surface area contributed by atoms with Crippen LogP contribution < -0.4 is 5.32 Å². The first kappa shape index (κ1) is 19.5. The fourth-order valence-electron chi connectivity index (χ4n) is 3.13. The summed E-state index contributed by atoms with van der Waals surface area (Å²) in [6.07, 6.45) is 0. The van der Waals surface area contributed by atoms with Crippen molar-refractivity contribution in [3.05, 3.63) is 77.1 Å². The van der Waals surface area contributed by atoms with Crippen molar-refractivity contribution in [1.29, 1.82) is 0 Å². The molecule has 4 rings (SSSR count). The second-order valence-electron chi connectivity index (χ2n) is 6.64. The molecule has 146 valence electrons. The van der Waals surface area contributed by atoms with Gasteiger partial charge in [0, 0.05) is 22.0 Å². The van der Waals surface area contributed by atoms with Gasteiger partial charge in [0.25, 0.3) is 0 Å². The van der Waals surface area contributed by atoms with Crippen LogP contribution in [0.5, 0.6) is 0 Å². The number of aryl methyl sites for hydroxylation is 2. The van der Waals surface area contributed by atoms with Crippen molar-refractivity contribution in [2.45, 2.75) is 18.9 Å². The summed E-state index contributed by atoms with van der Waals surface area (Å²) in [6, 6.07) is 19.0. The first-order chi connectivity index (χ1) is 14.0. The molecule has 0 radical (unpaired) electrons. The summed E-state index contributed by atoms with van der Waals surface area (Å²) in [5.41, 5.74) is 5.29. The highest BCUT2D eigenvalue weighted by atomic mass is 35.5. The minimum Gasteiger partial charge on any atom is -0.325 e. The van der Waals surface area contributed by atoms with E-state index in [0.717, 1.165) is 38.9 Å². The smallest absolute Gasteiger partial charge is 0.234 e. The first-order valence-corrected chi connectivity index (χ1v) is 10.5. The molecule has 1 N–H and O–H groups in total. The molecule has 0 aliphatic carbocycles. The van der Waals surface area contributed by atoms with Crippen LogP contribution in [-0.4, -0.2) is 26.3 Å². The third kappa shape index (κ3) is 4.28. The molecule has 0 aliphatic heterocycles. The number of hydrogen-bond acceptors (Lipinski definition) is 4. The van der Waals surface area contributed by atoms with E-state index in [0.29, 0.717) is 5.02 Å². The number of benzene rings is 2. The number of para-hydroxylation sites is 1. The molecule has 7 heteroatoms. The third-order valence-corrected chi connectivity index (χ3v) is 5.65. The van der Waals surface area contributed by atoms with Crippen molar-refractivity contribution in [1.82, 2.24) is 14.6 Å². The van der Waals surface area contributed by atoms with Gasteiger partial charge in [0.2, 0.25) is 5.91 Å². The molecule has 0 spiro atoms. The molecular weight excluding hydrogens is 404 g/mol. The summed E-state index contributed by atoms with van der Waals surface area (Å²) in [4.78, 5) is 17.0. The Morgan fingerprint density at radius 1 is 1.10 bits per heavy atom. The van der Waals surface area contributed by atoms with Crippen molar-refractivity contribution in [2.75, 3.05) is 11.1 Å². The first-order valence-electron chi connectivity index (χ1n) is 9.12. The van der Waals surface area contributed by atoms with Gasteiger partial charge in [-0.25, -0.2) is 9.50 Å². The van der Waals surface area contributed by atoms with Crippen molar-refractivity contribution in [2.24, 2.45) is 0 Å². The number of aromatic nitrogens is 3. The molecule has 0 aliphatic rings. The van der Waals surface area contributed by atoms with Crippen LogP contribution in [0, 0.1) is 13.8 Å².